The van der Waals surface area contributed by atoms with E-state index in [0.29, 0.717) is 0 Å². The van der Waals surface area contributed by atoms with E-state index in [4.69, 9.17) is 8.23 Å². The SMILES string of the molecule is C[Si]1(C)O[Si](C)(C)C([Si](C)(C)C)[Si](C)(CCC(F)(F)C(F)(F)C(F)(F)C(F)(F)C(F)(F)C(F)(F)C(F)(F)C(F)(F)C(F)(F)F)O1. The first-order chi connectivity index (χ1) is 19.0. The molecule has 0 radical (unpaired) electrons. The van der Waals surface area contributed by atoms with E-state index in [9.17, 15) is 83.4 Å². The number of hydrogen-bond donors (Lipinski definition) is 0. The average molecular weight is 775 g/mol. The van der Waals surface area contributed by atoms with E-state index in [1.807, 2.05) is 0 Å². The fourth-order valence-electron chi connectivity index (χ4n) is 6.18. The van der Waals surface area contributed by atoms with E-state index < -0.39 is 104 Å². The van der Waals surface area contributed by atoms with Crippen molar-refractivity contribution < 1.29 is 91.6 Å². The van der Waals surface area contributed by atoms with E-state index in [-0.39, 0.29) is 0 Å². The van der Waals surface area contributed by atoms with Gasteiger partial charge in [0.1, 0.15) is 0 Å². The van der Waals surface area contributed by atoms with Gasteiger partial charge in [-0.3, -0.25) is 0 Å². The second-order valence-electron chi connectivity index (χ2n) is 13.0. The molecule has 0 aliphatic carbocycles. The van der Waals surface area contributed by atoms with Crippen LogP contribution in [-0.2, 0) is 8.23 Å². The van der Waals surface area contributed by atoms with Gasteiger partial charge in [-0.2, -0.15) is 83.4 Å². The molecule has 0 saturated carbocycles. The molecule has 270 valence electrons. The summed E-state index contributed by atoms with van der Waals surface area (Å²) < 4.78 is 272. The van der Waals surface area contributed by atoms with Crippen LogP contribution in [0.25, 0.3) is 0 Å². The smallest absolute Gasteiger partial charge is 0.437 e. The Morgan fingerprint density at radius 3 is 1.11 bits per heavy atom. The molecule has 0 bridgehead atoms. The Morgan fingerprint density at radius 1 is 0.489 bits per heavy atom. The molecule has 0 amide bonds. The summed E-state index contributed by atoms with van der Waals surface area (Å²) in [4.78, 5) is -0.676. The van der Waals surface area contributed by atoms with Crippen LogP contribution in [0.3, 0.4) is 0 Å². The summed E-state index contributed by atoms with van der Waals surface area (Å²) in [6, 6.07) is -1.25. The Labute approximate surface area is 248 Å². The standard InChI is InChI=1S/C20H29F19O2Si4/c1-42(2,3)11-43(4,5)40-44(6,7)41-45(11,8)10-9-12(21,22)13(23,24)14(25,26)15(27,28)16(29,30)17(31,32)18(33,34)19(35,36)20(37,38)39/h11H,9-10H2,1-8H3. The molecule has 1 heterocycles. The average Bonchev–Trinajstić information content (AvgIpc) is 2.72. The van der Waals surface area contributed by atoms with Gasteiger partial charge in [-0.05, 0) is 43.6 Å². The molecule has 1 rings (SSSR count). The maximum Gasteiger partial charge on any atom is 0.460 e. The molecule has 1 aliphatic rings. The maximum atomic E-state index is 14.8. The summed E-state index contributed by atoms with van der Waals surface area (Å²) in [5.74, 6) is -66.4. The second kappa shape index (κ2) is 11.0. The summed E-state index contributed by atoms with van der Waals surface area (Å²) in [6.07, 6.45) is -10.4. The monoisotopic (exact) mass is 774 g/mol. The van der Waals surface area contributed by atoms with Gasteiger partial charge in [0, 0.05) is 14.5 Å². The van der Waals surface area contributed by atoms with Crippen LogP contribution < -0.4 is 0 Å². The largest absolute Gasteiger partial charge is 0.460 e. The van der Waals surface area contributed by atoms with Crippen molar-refractivity contribution in [2.24, 2.45) is 0 Å². The Kier molecular flexibility index (Phi) is 10.4. The van der Waals surface area contributed by atoms with Gasteiger partial charge in [-0.25, -0.2) is 0 Å². The molecule has 2 atom stereocenters. The normalized spacial score (nSPS) is 25.0. The van der Waals surface area contributed by atoms with Crippen molar-refractivity contribution in [1.29, 1.82) is 0 Å². The van der Waals surface area contributed by atoms with Gasteiger partial charge in [0.2, 0.25) is 0 Å². The lowest BCUT2D eigenvalue weighted by Gasteiger charge is -2.58. The van der Waals surface area contributed by atoms with Crippen molar-refractivity contribution in [1.82, 2.24) is 0 Å². The van der Waals surface area contributed by atoms with Crippen LogP contribution in [0, 0.1) is 0 Å². The van der Waals surface area contributed by atoms with E-state index in [1.54, 1.807) is 32.7 Å². The minimum absolute atomic E-state index is 0.676. The fourth-order valence-corrected chi connectivity index (χ4v) is 43.3. The highest BCUT2D eigenvalue weighted by molar-refractivity contribution is 7.14. The summed E-state index contributed by atoms with van der Waals surface area (Å²) in [6.45, 7) is 12.4. The number of alkyl halides is 19. The van der Waals surface area contributed by atoms with Gasteiger partial charge >= 0.3 is 62.1 Å². The lowest BCUT2D eigenvalue weighted by atomic mass is 9.87. The van der Waals surface area contributed by atoms with E-state index in [1.165, 1.54) is 19.6 Å². The first-order valence-corrected chi connectivity index (χ1v) is 24.6. The molecule has 45 heavy (non-hydrogen) atoms. The van der Waals surface area contributed by atoms with E-state index in [2.05, 4.69) is 0 Å². The van der Waals surface area contributed by atoms with Gasteiger partial charge in [0.25, 0.3) is 0 Å². The zero-order valence-electron chi connectivity index (χ0n) is 24.5. The third-order valence-electron chi connectivity index (χ3n) is 7.28. The predicted molar refractivity (Wildman–Crippen MR) is 131 cm³/mol. The first kappa shape index (κ1) is 42.5. The molecule has 0 aromatic rings. The van der Waals surface area contributed by atoms with Crippen LogP contribution in [0.1, 0.15) is 6.42 Å². The zero-order valence-corrected chi connectivity index (χ0v) is 28.5. The molecular weight excluding hydrogens is 746 g/mol. The number of hydrogen-bond acceptors (Lipinski definition) is 2. The van der Waals surface area contributed by atoms with Crippen LogP contribution in [0.15, 0.2) is 0 Å². The van der Waals surface area contributed by atoms with E-state index in [0.717, 1.165) is 0 Å². The van der Waals surface area contributed by atoms with E-state index >= 15 is 0 Å². The lowest BCUT2D eigenvalue weighted by Crippen LogP contribution is -2.76. The lowest BCUT2D eigenvalue weighted by molar-refractivity contribution is -0.468. The zero-order chi connectivity index (χ0) is 36.9. The minimum atomic E-state index is -8.92. The summed E-state index contributed by atoms with van der Waals surface area (Å²) in [7, 11) is -12.6. The highest BCUT2D eigenvalue weighted by atomic mass is 28.5. The molecule has 1 fully saturated rings. The van der Waals surface area contributed by atoms with Crippen molar-refractivity contribution in [2.75, 3.05) is 0 Å². The van der Waals surface area contributed by atoms with Gasteiger partial charge in [-0.1, -0.05) is 19.6 Å². The molecule has 0 aromatic heterocycles. The van der Waals surface area contributed by atoms with Crippen LogP contribution in [0.2, 0.25) is 63.2 Å². The van der Waals surface area contributed by atoms with Gasteiger partial charge < -0.3 is 8.23 Å². The summed E-state index contributed by atoms with van der Waals surface area (Å²) >= 11 is 0. The Morgan fingerprint density at radius 2 is 0.800 bits per heavy atom. The minimum Gasteiger partial charge on any atom is -0.437 e. The maximum absolute atomic E-state index is 14.8. The Balaban J connectivity index is 3.69. The highest BCUT2D eigenvalue weighted by Crippen LogP contribution is 2.65. The molecule has 1 saturated heterocycles. The molecule has 25 heteroatoms. The van der Waals surface area contributed by atoms with Crippen LogP contribution >= 0.6 is 0 Å². The second-order valence-corrected chi connectivity index (χ2v) is 32.0. The van der Waals surface area contributed by atoms with Crippen molar-refractivity contribution in [2.45, 2.75) is 123 Å². The summed E-state index contributed by atoms with van der Waals surface area (Å²) in [5, 5.41) is 0. The van der Waals surface area contributed by atoms with Crippen LogP contribution in [-0.4, -0.2) is 86.8 Å². The van der Waals surface area contributed by atoms with Crippen LogP contribution in [0.5, 0.6) is 0 Å². The quantitative estimate of drug-likeness (QED) is 0.154. The third kappa shape index (κ3) is 6.35. The topological polar surface area (TPSA) is 18.5 Å². The first-order valence-electron chi connectivity index (χ1n) is 12.5. The molecule has 1 aliphatic heterocycles. The molecule has 2 nitrogen and oxygen atoms in total. The number of rotatable bonds is 11. The van der Waals surface area contributed by atoms with Crippen molar-refractivity contribution in [3.63, 3.8) is 0 Å². The Bertz CT molecular complexity index is 1100. The molecule has 0 N–H and O–H groups in total. The highest BCUT2D eigenvalue weighted by Gasteiger charge is 2.96. The number of halogens is 19. The molecule has 2 unspecified atom stereocenters. The molecular formula is C20H29F19O2Si4. The van der Waals surface area contributed by atoms with Gasteiger partial charge in [-0.15, -0.1) is 0 Å². The predicted octanol–water partition coefficient (Wildman–Crippen LogP) is 10.3. The molecule has 0 aromatic carbocycles. The summed E-state index contributed by atoms with van der Waals surface area (Å²) in [5.41, 5.74) is 0. The van der Waals surface area contributed by atoms with Crippen LogP contribution in [0.4, 0.5) is 83.4 Å². The van der Waals surface area contributed by atoms with Gasteiger partial charge in [0.05, 0.1) is 0 Å². The Hall–Kier alpha value is -0.542. The molecule has 0 spiro atoms. The third-order valence-corrected chi connectivity index (χ3v) is 33.8. The van der Waals surface area contributed by atoms with Crippen molar-refractivity contribution in [3.05, 3.63) is 0 Å². The fraction of sp³-hybridized carbons (Fsp3) is 1.00. The van der Waals surface area contributed by atoms with Crippen molar-refractivity contribution in [3.8, 4) is 0 Å². The van der Waals surface area contributed by atoms with Crippen molar-refractivity contribution >= 4 is 33.3 Å². The van der Waals surface area contributed by atoms with Gasteiger partial charge in [0.15, 0.2) is 16.6 Å².